The van der Waals surface area contributed by atoms with Gasteiger partial charge in [0, 0.05) is 12.1 Å². The number of anilines is 1. The van der Waals surface area contributed by atoms with Crippen LogP contribution in [0.15, 0.2) is 18.2 Å². The van der Waals surface area contributed by atoms with E-state index in [1.165, 1.54) is 12.5 Å². The maximum Gasteiger partial charge on any atom is 0.293 e. The SMILES string of the molecule is Cc1ccc([N+](=O)[O-])c(N(N)C2CCCCC2)c1. The Bertz CT molecular complexity index is 442. The highest BCUT2D eigenvalue weighted by Gasteiger charge is 2.24. The lowest BCUT2D eigenvalue weighted by Crippen LogP contribution is -2.42. The molecule has 1 aliphatic carbocycles. The molecule has 1 aliphatic rings. The molecule has 2 rings (SSSR count). The molecule has 0 saturated heterocycles. The van der Waals surface area contributed by atoms with Crippen molar-refractivity contribution < 1.29 is 4.92 Å². The van der Waals surface area contributed by atoms with Gasteiger partial charge in [-0.15, -0.1) is 0 Å². The van der Waals surface area contributed by atoms with Crippen molar-refractivity contribution in [3.05, 3.63) is 33.9 Å². The third kappa shape index (κ3) is 2.61. The van der Waals surface area contributed by atoms with Crippen LogP contribution in [0.2, 0.25) is 0 Å². The normalized spacial score (nSPS) is 16.6. The van der Waals surface area contributed by atoms with Crippen LogP contribution in [0.5, 0.6) is 0 Å². The second kappa shape index (κ2) is 5.35. The number of nitrogens with two attached hydrogens (primary N) is 1. The van der Waals surface area contributed by atoms with E-state index in [0.717, 1.165) is 31.2 Å². The largest absolute Gasteiger partial charge is 0.302 e. The molecule has 5 nitrogen and oxygen atoms in total. The molecule has 1 saturated carbocycles. The summed E-state index contributed by atoms with van der Waals surface area (Å²) in [5.74, 6) is 6.11. The van der Waals surface area contributed by atoms with Gasteiger partial charge in [-0.25, -0.2) is 5.84 Å². The zero-order valence-corrected chi connectivity index (χ0v) is 10.6. The fraction of sp³-hybridized carbons (Fsp3) is 0.538. The van der Waals surface area contributed by atoms with Crippen LogP contribution in [0.1, 0.15) is 37.7 Å². The fourth-order valence-corrected chi connectivity index (χ4v) is 2.55. The highest BCUT2D eigenvalue weighted by atomic mass is 16.6. The van der Waals surface area contributed by atoms with Crippen molar-refractivity contribution in [1.82, 2.24) is 0 Å². The Labute approximate surface area is 107 Å². The van der Waals surface area contributed by atoms with Crippen molar-refractivity contribution in [2.75, 3.05) is 5.01 Å². The number of hydrazine groups is 1. The van der Waals surface area contributed by atoms with Crippen LogP contribution >= 0.6 is 0 Å². The molecule has 0 aromatic heterocycles. The van der Waals surface area contributed by atoms with Gasteiger partial charge in [0.05, 0.1) is 4.92 Å². The first-order valence-electron chi connectivity index (χ1n) is 6.38. The van der Waals surface area contributed by atoms with Gasteiger partial charge in [-0.2, -0.15) is 0 Å². The van der Waals surface area contributed by atoms with Crippen LogP contribution in [-0.4, -0.2) is 11.0 Å². The molecule has 0 heterocycles. The van der Waals surface area contributed by atoms with Crippen molar-refractivity contribution in [2.45, 2.75) is 45.1 Å². The second-order valence-electron chi connectivity index (χ2n) is 4.95. The van der Waals surface area contributed by atoms with Crippen molar-refractivity contribution in [3.8, 4) is 0 Å². The molecule has 0 atom stereocenters. The maximum absolute atomic E-state index is 11.0. The van der Waals surface area contributed by atoms with Gasteiger partial charge in [0.15, 0.2) is 0 Å². The number of nitro groups is 1. The lowest BCUT2D eigenvalue weighted by molar-refractivity contribution is -0.384. The number of hydrogen-bond acceptors (Lipinski definition) is 4. The molecule has 2 N–H and O–H groups in total. The zero-order chi connectivity index (χ0) is 13.1. The van der Waals surface area contributed by atoms with E-state index in [9.17, 15) is 10.1 Å². The molecule has 1 aromatic carbocycles. The number of hydrogen-bond donors (Lipinski definition) is 1. The van der Waals surface area contributed by atoms with E-state index in [0.29, 0.717) is 5.69 Å². The number of rotatable bonds is 3. The van der Waals surface area contributed by atoms with E-state index in [-0.39, 0.29) is 16.7 Å². The smallest absolute Gasteiger partial charge is 0.293 e. The van der Waals surface area contributed by atoms with Crippen molar-refractivity contribution in [2.24, 2.45) is 5.84 Å². The van der Waals surface area contributed by atoms with Crippen LogP contribution in [0.25, 0.3) is 0 Å². The topological polar surface area (TPSA) is 72.4 Å². The minimum Gasteiger partial charge on any atom is -0.302 e. The van der Waals surface area contributed by atoms with Gasteiger partial charge in [0.25, 0.3) is 5.69 Å². The van der Waals surface area contributed by atoms with Gasteiger partial charge in [0.2, 0.25) is 0 Å². The quantitative estimate of drug-likeness (QED) is 0.508. The molecule has 0 radical (unpaired) electrons. The van der Waals surface area contributed by atoms with Gasteiger partial charge in [-0.3, -0.25) is 10.1 Å². The van der Waals surface area contributed by atoms with E-state index < -0.39 is 0 Å². The van der Waals surface area contributed by atoms with Gasteiger partial charge >= 0.3 is 0 Å². The van der Waals surface area contributed by atoms with Gasteiger partial charge in [-0.05, 0) is 31.4 Å². The minimum atomic E-state index is -0.364. The Morgan fingerprint density at radius 1 is 1.33 bits per heavy atom. The molecule has 0 aliphatic heterocycles. The predicted octanol–water partition coefficient (Wildman–Crippen LogP) is 2.92. The average molecular weight is 249 g/mol. The Balaban J connectivity index is 2.30. The van der Waals surface area contributed by atoms with Crippen LogP contribution in [0.3, 0.4) is 0 Å². The molecular weight excluding hydrogens is 230 g/mol. The van der Waals surface area contributed by atoms with Crippen LogP contribution in [0.4, 0.5) is 11.4 Å². The highest BCUT2D eigenvalue weighted by molar-refractivity contribution is 5.64. The molecule has 0 bridgehead atoms. The van der Waals surface area contributed by atoms with Gasteiger partial charge < -0.3 is 5.01 Å². The van der Waals surface area contributed by atoms with E-state index in [1.807, 2.05) is 6.92 Å². The fourth-order valence-electron chi connectivity index (χ4n) is 2.55. The number of aryl methyl sites for hydroxylation is 1. The first kappa shape index (κ1) is 12.8. The maximum atomic E-state index is 11.0. The summed E-state index contributed by atoms with van der Waals surface area (Å²) in [6, 6.07) is 5.30. The first-order chi connectivity index (χ1) is 8.59. The monoisotopic (exact) mass is 249 g/mol. The molecule has 0 unspecified atom stereocenters. The number of benzene rings is 1. The summed E-state index contributed by atoms with van der Waals surface area (Å²) in [6.45, 7) is 1.92. The summed E-state index contributed by atoms with van der Waals surface area (Å²) in [7, 11) is 0. The van der Waals surface area contributed by atoms with Crippen molar-refractivity contribution in [3.63, 3.8) is 0 Å². The molecule has 0 spiro atoms. The molecule has 18 heavy (non-hydrogen) atoms. The highest BCUT2D eigenvalue weighted by Crippen LogP contribution is 2.32. The Hall–Kier alpha value is -1.62. The Morgan fingerprint density at radius 3 is 2.61 bits per heavy atom. The summed E-state index contributed by atoms with van der Waals surface area (Å²) in [6.07, 6.45) is 5.57. The molecule has 0 amide bonds. The van der Waals surface area contributed by atoms with Crippen molar-refractivity contribution in [1.29, 1.82) is 0 Å². The summed E-state index contributed by atoms with van der Waals surface area (Å²) >= 11 is 0. The van der Waals surface area contributed by atoms with Crippen LogP contribution < -0.4 is 10.9 Å². The third-order valence-corrected chi connectivity index (χ3v) is 3.57. The molecule has 1 aromatic rings. The third-order valence-electron chi connectivity index (χ3n) is 3.57. The number of nitrogens with zero attached hydrogens (tertiary/aromatic N) is 2. The number of nitro benzene ring substituents is 1. The lowest BCUT2D eigenvalue weighted by atomic mass is 9.94. The standard InChI is InChI=1S/C13H19N3O2/c1-10-7-8-12(16(17)18)13(9-10)15(14)11-5-3-2-4-6-11/h7-9,11H,2-6,14H2,1H3. The van der Waals surface area contributed by atoms with Gasteiger partial charge in [0.1, 0.15) is 5.69 Å². The van der Waals surface area contributed by atoms with Gasteiger partial charge in [-0.1, -0.05) is 25.3 Å². The molecule has 1 fully saturated rings. The van der Waals surface area contributed by atoms with Crippen molar-refractivity contribution >= 4 is 11.4 Å². The summed E-state index contributed by atoms with van der Waals surface area (Å²) in [5, 5.41) is 12.6. The van der Waals surface area contributed by atoms with Crippen LogP contribution in [0, 0.1) is 17.0 Å². The first-order valence-corrected chi connectivity index (χ1v) is 6.38. The second-order valence-corrected chi connectivity index (χ2v) is 4.95. The zero-order valence-electron chi connectivity index (χ0n) is 10.6. The van der Waals surface area contributed by atoms with E-state index >= 15 is 0 Å². The molecule has 5 heteroatoms. The minimum absolute atomic E-state index is 0.0914. The molecular formula is C13H19N3O2. The summed E-state index contributed by atoms with van der Waals surface area (Å²) < 4.78 is 0. The lowest BCUT2D eigenvalue weighted by Gasteiger charge is -2.31. The Morgan fingerprint density at radius 2 is 2.00 bits per heavy atom. The van der Waals surface area contributed by atoms with Crippen LogP contribution in [-0.2, 0) is 0 Å². The van der Waals surface area contributed by atoms with E-state index in [2.05, 4.69) is 0 Å². The average Bonchev–Trinajstić information content (AvgIpc) is 2.38. The van der Waals surface area contributed by atoms with E-state index in [4.69, 9.17) is 5.84 Å². The molecule has 98 valence electrons. The summed E-state index contributed by atoms with van der Waals surface area (Å²) in [5.41, 5.74) is 1.61. The summed E-state index contributed by atoms with van der Waals surface area (Å²) in [4.78, 5) is 10.7. The van der Waals surface area contributed by atoms with E-state index in [1.54, 1.807) is 17.1 Å². The predicted molar refractivity (Wildman–Crippen MR) is 71.4 cm³/mol. The Kier molecular flexibility index (Phi) is 3.81.